The molecule has 0 aliphatic heterocycles. The molecule has 1 N–H and O–H groups in total. The number of aromatic amines is 1. The van der Waals surface area contributed by atoms with Crippen molar-refractivity contribution in [3.63, 3.8) is 0 Å². The second kappa shape index (κ2) is 8.53. The molecule has 1 heterocycles. The van der Waals surface area contributed by atoms with E-state index in [-0.39, 0.29) is 12.3 Å². The van der Waals surface area contributed by atoms with E-state index in [9.17, 15) is 9.18 Å². The number of benzene rings is 2. The Kier molecular flexibility index (Phi) is 5.90. The van der Waals surface area contributed by atoms with Crippen LogP contribution < -0.4 is 9.75 Å². The summed E-state index contributed by atoms with van der Waals surface area (Å²) in [6.45, 7) is 0.0368. The molecule has 0 spiro atoms. The number of hydrazine groups is 1. The summed E-state index contributed by atoms with van der Waals surface area (Å²) in [6.07, 6.45) is 2.57. The van der Waals surface area contributed by atoms with Gasteiger partial charge in [0, 0.05) is 25.9 Å². The van der Waals surface area contributed by atoms with Crippen molar-refractivity contribution in [3.8, 4) is 16.9 Å². The lowest BCUT2D eigenvalue weighted by molar-refractivity contribution is 0.132. The van der Waals surface area contributed by atoms with Gasteiger partial charge in [-0.25, -0.2) is 19.2 Å². The molecule has 1 aromatic heterocycles. The van der Waals surface area contributed by atoms with Gasteiger partial charge in [-0.05, 0) is 35.4 Å². The van der Waals surface area contributed by atoms with Gasteiger partial charge >= 0.3 is 6.09 Å². The minimum Gasteiger partial charge on any atom is -0.497 e. The minimum absolute atomic E-state index is 0.0368. The number of rotatable bonds is 6. The number of hydrogen-bond acceptors (Lipinski definition) is 5. The quantitative estimate of drug-likeness (QED) is 0.654. The standard InChI is InChI=1S/C20H21FN4O3/c1-24(2)25(20(26)28-13-14-5-4-6-17(9-14)27-3)19-8-7-15(10-18(19)21)16-11-22-23-12-16/h4-12H,13H2,1-3H3,(H,22,23). The maximum atomic E-state index is 14.8. The Morgan fingerprint density at radius 1 is 1.18 bits per heavy atom. The average Bonchev–Trinajstić information content (AvgIpc) is 3.22. The number of halogens is 1. The molecule has 28 heavy (non-hydrogen) atoms. The van der Waals surface area contributed by atoms with Gasteiger partial charge in [-0.3, -0.25) is 5.10 Å². The fourth-order valence-electron chi connectivity index (χ4n) is 2.71. The van der Waals surface area contributed by atoms with Crippen LogP contribution in [0.5, 0.6) is 5.75 Å². The van der Waals surface area contributed by atoms with Crippen molar-refractivity contribution in [1.29, 1.82) is 0 Å². The number of ether oxygens (including phenoxy) is 2. The van der Waals surface area contributed by atoms with E-state index in [2.05, 4.69) is 10.2 Å². The topological polar surface area (TPSA) is 70.7 Å². The number of nitrogens with one attached hydrogen (secondary N) is 1. The Hall–Kier alpha value is -3.39. The third-order valence-corrected chi connectivity index (χ3v) is 4.08. The molecule has 0 radical (unpaired) electrons. The largest absolute Gasteiger partial charge is 0.497 e. The first-order chi connectivity index (χ1) is 13.5. The Labute approximate surface area is 162 Å². The molecule has 0 bridgehead atoms. The van der Waals surface area contributed by atoms with E-state index < -0.39 is 11.9 Å². The van der Waals surface area contributed by atoms with E-state index in [1.807, 2.05) is 6.07 Å². The van der Waals surface area contributed by atoms with Crippen molar-refractivity contribution < 1.29 is 18.7 Å². The molecule has 3 rings (SSSR count). The van der Waals surface area contributed by atoms with Gasteiger partial charge in [-0.1, -0.05) is 18.2 Å². The molecular weight excluding hydrogens is 363 g/mol. The lowest BCUT2D eigenvalue weighted by Gasteiger charge is -2.28. The van der Waals surface area contributed by atoms with Crippen LogP contribution in [0.3, 0.4) is 0 Å². The van der Waals surface area contributed by atoms with Crippen LogP contribution in [0.2, 0.25) is 0 Å². The Morgan fingerprint density at radius 3 is 2.64 bits per heavy atom. The van der Waals surface area contributed by atoms with Gasteiger partial charge in [-0.15, -0.1) is 0 Å². The van der Waals surface area contributed by atoms with Crippen LogP contribution in [0.15, 0.2) is 54.9 Å². The molecule has 3 aromatic rings. The Bertz CT molecular complexity index is 944. The first-order valence-electron chi connectivity index (χ1n) is 8.55. The highest BCUT2D eigenvalue weighted by Crippen LogP contribution is 2.27. The molecule has 7 nitrogen and oxygen atoms in total. The zero-order valence-corrected chi connectivity index (χ0v) is 15.8. The van der Waals surface area contributed by atoms with Crippen LogP contribution in [-0.2, 0) is 11.3 Å². The van der Waals surface area contributed by atoms with Gasteiger partial charge in [0.2, 0.25) is 0 Å². The molecule has 0 atom stereocenters. The molecule has 146 valence electrons. The third kappa shape index (κ3) is 4.29. The van der Waals surface area contributed by atoms with Crippen molar-refractivity contribution in [2.45, 2.75) is 6.61 Å². The van der Waals surface area contributed by atoms with Gasteiger partial charge in [0.25, 0.3) is 0 Å². The number of amides is 1. The van der Waals surface area contributed by atoms with Gasteiger partial charge < -0.3 is 9.47 Å². The molecular formula is C20H21FN4O3. The predicted octanol–water partition coefficient (Wildman–Crippen LogP) is 3.84. The van der Waals surface area contributed by atoms with Crippen molar-refractivity contribution in [3.05, 3.63) is 66.2 Å². The highest BCUT2D eigenvalue weighted by Gasteiger charge is 2.23. The Morgan fingerprint density at radius 2 is 2.00 bits per heavy atom. The number of aromatic nitrogens is 2. The fraction of sp³-hybridized carbons (Fsp3) is 0.200. The van der Waals surface area contributed by atoms with Crippen LogP contribution >= 0.6 is 0 Å². The van der Waals surface area contributed by atoms with Gasteiger partial charge in [-0.2, -0.15) is 5.10 Å². The van der Waals surface area contributed by atoms with Crippen LogP contribution in [0, 0.1) is 5.82 Å². The van der Waals surface area contributed by atoms with E-state index in [1.54, 1.807) is 57.9 Å². The number of carbonyl (C=O) groups is 1. The van der Waals surface area contributed by atoms with Gasteiger partial charge in [0.1, 0.15) is 23.9 Å². The monoisotopic (exact) mass is 384 g/mol. The summed E-state index contributed by atoms with van der Waals surface area (Å²) in [5.41, 5.74) is 2.26. The van der Waals surface area contributed by atoms with E-state index in [0.29, 0.717) is 11.3 Å². The van der Waals surface area contributed by atoms with Crippen LogP contribution in [0.25, 0.3) is 11.1 Å². The molecule has 0 fully saturated rings. The molecule has 2 aromatic carbocycles. The van der Waals surface area contributed by atoms with Crippen LogP contribution in [0.1, 0.15) is 5.56 Å². The van der Waals surface area contributed by atoms with Gasteiger partial charge in [0.15, 0.2) is 0 Å². The zero-order chi connectivity index (χ0) is 20.1. The summed E-state index contributed by atoms with van der Waals surface area (Å²) >= 11 is 0. The maximum absolute atomic E-state index is 14.8. The van der Waals surface area contributed by atoms with E-state index in [0.717, 1.165) is 16.1 Å². The van der Waals surface area contributed by atoms with Crippen LogP contribution in [0.4, 0.5) is 14.9 Å². The highest BCUT2D eigenvalue weighted by atomic mass is 19.1. The molecule has 0 unspecified atom stereocenters. The SMILES string of the molecule is COc1cccc(COC(=O)N(c2ccc(-c3cn[nH]c3)cc2F)N(C)C)c1. The smallest absolute Gasteiger partial charge is 0.429 e. The highest BCUT2D eigenvalue weighted by molar-refractivity contribution is 5.87. The average molecular weight is 384 g/mol. The molecule has 1 amide bonds. The number of H-pyrrole nitrogens is 1. The molecule has 0 aliphatic rings. The van der Waals surface area contributed by atoms with E-state index in [1.165, 1.54) is 17.1 Å². The van der Waals surface area contributed by atoms with Crippen molar-refractivity contribution in [2.24, 2.45) is 0 Å². The van der Waals surface area contributed by atoms with E-state index >= 15 is 0 Å². The summed E-state index contributed by atoms with van der Waals surface area (Å²) in [5.74, 6) is 0.115. The number of nitrogens with zero attached hydrogens (tertiary/aromatic N) is 3. The van der Waals surface area contributed by atoms with Crippen molar-refractivity contribution in [2.75, 3.05) is 26.2 Å². The second-order valence-electron chi connectivity index (χ2n) is 6.22. The molecule has 0 aliphatic carbocycles. The number of methoxy groups -OCH3 is 1. The third-order valence-electron chi connectivity index (χ3n) is 4.08. The van der Waals surface area contributed by atoms with Crippen molar-refractivity contribution >= 4 is 11.8 Å². The normalized spacial score (nSPS) is 10.8. The van der Waals surface area contributed by atoms with E-state index in [4.69, 9.17) is 9.47 Å². The number of hydrogen-bond donors (Lipinski definition) is 1. The first kappa shape index (κ1) is 19.4. The summed E-state index contributed by atoms with van der Waals surface area (Å²) in [7, 11) is 4.83. The molecule has 8 heteroatoms. The minimum atomic E-state index is -0.692. The summed E-state index contributed by atoms with van der Waals surface area (Å²) in [6, 6.07) is 11.8. The fourth-order valence-corrected chi connectivity index (χ4v) is 2.71. The summed E-state index contributed by atoms with van der Waals surface area (Å²) in [4.78, 5) is 12.6. The lowest BCUT2D eigenvalue weighted by atomic mass is 10.1. The van der Waals surface area contributed by atoms with Crippen LogP contribution in [-0.4, -0.2) is 42.5 Å². The van der Waals surface area contributed by atoms with Gasteiger partial charge in [0.05, 0.1) is 13.3 Å². The summed E-state index contributed by atoms with van der Waals surface area (Å²) < 4.78 is 25.3. The maximum Gasteiger partial charge on any atom is 0.429 e. The first-order valence-corrected chi connectivity index (χ1v) is 8.55. The molecule has 0 saturated carbocycles. The second-order valence-corrected chi connectivity index (χ2v) is 6.22. The predicted molar refractivity (Wildman–Crippen MR) is 103 cm³/mol. The lowest BCUT2D eigenvalue weighted by Crippen LogP contribution is -2.43. The summed E-state index contributed by atoms with van der Waals surface area (Å²) in [5, 5.41) is 9.14. The number of anilines is 1. The zero-order valence-electron chi connectivity index (χ0n) is 15.8. The Balaban J connectivity index is 1.78. The molecule has 0 saturated heterocycles. The van der Waals surface area contributed by atoms with Crippen molar-refractivity contribution in [1.82, 2.24) is 15.2 Å². The number of carbonyl (C=O) groups excluding carboxylic acids is 1.